The molecular weight excluding hydrogens is 364 g/mol. The highest BCUT2D eigenvalue weighted by Crippen LogP contribution is 2.18. The van der Waals surface area contributed by atoms with Crippen molar-refractivity contribution >= 4 is 46.1 Å². The van der Waals surface area contributed by atoms with Gasteiger partial charge in [-0.15, -0.1) is 0 Å². The fourth-order valence-corrected chi connectivity index (χ4v) is 3.20. The van der Waals surface area contributed by atoms with Crippen LogP contribution in [-0.2, 0) is 25.7 Å². The van der Waals surface area contributed by atoms with Crippen molar-refractivity contribution in [3.63, 3.8) is 0 Å². The lowest BCUT2D eigenvalue weighted by Crippen LogP contribution is -2.38. The number of carbonyl (C=O) groups is 3. The molecule has 0 atom stereocenters. The number of amides is 2. The van der Waals surface area contributed by atoms with Gasteiger partial charge in [-0.25, -0.2) is 4.79 Å². The van der Waals surface area contributed by atoms with Crippen LogP contribution in [0, 0.1) is 0 Å². The summed E-state index contributed by atoms with van der Waals surface area (Å²) in [6.45, 7) is 0.630. The minimum absolute atomic E-state index is 0.0624. The van der Waals surface area contributed by atoms with E-state index in [0.29, 0.717) is 28.8 Å². The molecule has 0 aromatic heterocycles. The van der Waals surface area contributed by atoms with E-state index in [2.05, 4.69) is 5.32 Å². The quantitative estimate of drug-likeness (QED) is 0.530. The van der Waals surface area contributed by atoms with Gasteiger partial charge in [-0.1, -0.05) is 36.1 Å². The average molecular weight is 382 g/mol. The minimum Gasteiger partial charge on any atom is -0.452 e. The fraction of sp³-hybridized carbons (Fsp3) is 0.375. The Morgan fingerprint density at radius 3 is 2.64 bits per heavy atom. The molecule has 2 rings (SSSR count). The van der Waals surface area contributed by atoms with Gasteiger partial charge in [0.15, 0.2) is 6.61 Å². The van der Waals surface area contributed by atoms with Crippen LogP contribution in [0.4, 0.5) is 0 Å². The molecule has 1 aliphatic rings. The highest BCUT2D eigenvalue weighted by Gasteiger charge is 2.25. The molecule has 9 heteroatoms. The maximum absolute atomic E-state index is 11.9. The van der Waals surface area contributed by atoms with E-state index in [9.17, 15) is 14.4 Å². The van der Waals surface area contributed by atoms with E-state index in [1.54, 1.807) is 31.4 Å². The predicted molar refractivity (Wildman–Crippen MR) is 97.2 cm³/mol. The van der Waals surface area contributed by atoms with Gasteiger partial charge in [-0.05, 0) is 17.7 Å². The number of nitrogens with one attached hydrogen (secondary N) is 1. The number of carbonyl (C=O) groups excluding carboxylic acids is 3. The van der Waals surface area contributed by atoms with Crippen LogP contribution in [0.3, 0.4) is 0 Å². The molecule has 0 unspecified atom stereocenters. The van der Waals surface area contributed by atoms with E-state index in [1.807, 2.05) is 0 Å². The molecule has 0 saturated carbocycles. The zero-order valence-corrected chi connectivity index (χ0v) is 15.3. The summed E-state index contributed by atoms with van der Waals surface area (Å²) in [4.78, 5) is 36.6. The Labute approximate surface area is 155 Å². The van der Waals surface area contributed by atoms with Gasteiger partial charge >= 0.3 is 5.97 Å². The van der Waals surface area contributed by atoms with Crippen LogP contribution in [0.5, 0.6) is 0 Å². The summed E-state index contributed by atoms with van der Waals surface area (Å²) in [5.74, 6) is -0.735. The van der Waals surface area contributed by atoms with E-state index >= 15 is 0 Å². The molecule has 2 amide bonds. The Morgan fingerprint density at radius 1 is 1.32 bits per heavy atom. The zero-order chi connectivity index (χ0) is 18.2. The number of methoxy groups -OCH3 is 1. The first-order valence-electron chi connectivity index (χ1n) is 7.50. The summed E-state index contributed by atoms with van der Waals surface area (Å²) in [6.07, 6.45) is 0. The van der Waals surface area contributed by atoms with Crippen LogP contribution in [-0.4, -0.2) is 59.6 Å². The number of hydrogen-bond donors (Lipinski definition) is 1. The van der Waals surface area contributed by atoms with Crippen molar-refractivity contribution in [2.75, 3.05) is 32.6 Å². The van der Waals surface area contributed by atoms with Gasteiger partial charge in [0.25, 0.3) is 5.91 Å². The molecule has 25 heavy (non-hydrogen) atoms. The van der Waals surface area contributed by atoms with Gasteiger partial charge < -0.3 is 14.8 Å². The van der Waals surface area contributed by atoms with Gasteiger partial charge in [-0.3, -0.25) is 14.5 Å². The molecule has 1 aliphatic heterocycles. The summed E-state index contributed by atoms with van der Waals surface area (Å²) in [5, 5.41) is 2.59. The second-order valence-corrected chi connectivity index (χ2v) is 6.77. The second kappa shape index (κ2) is 9.50. The molecule has 1 aromatic carbocycles. The van der Waals surface area contributed by atoms with E-state index < -0.39 is 11.9 Å². The van der Waals surface area contributed by atoms with Crippen molar-refractivity contribution in [1.82, 2.24) is 10.2 Å². The third kappa shape index (κ3) is 5.80. The van der Waals surface area contributed by atoms with Crippen molar-refractivity contribution in [3.05, 3.63) is 35.4 Å². The third-order valence-electron chi connectivity index (χ3n) is 3.33. The maximum atomic E-state index is 11.9. The molecule has 0 spiro atoms. The monoisotopic (exact) mass is 382 g/mol. The number of benzene rings is 1. The first-order valence-corrected chi connectivity index (χ1v) is 8.89. The molecule has 134 valence electrons. The molecule has 1 fully saturated rings. The number of ether oxygens (including phenoxy) is 2. The molecule has 0 radical (unpaired) electrons. The summed E-state index contributed by atoms with van der Waals surface area (Å²) in [5.41, 5.74) is 1.29. The van der Waals surface area contributed by atoms with Crippen molar-refractivity contribution in [2.24, 2.45) is 0 Å². The normalized spacial score (nSPS) is 13.9. The van der Waals surface area contributed by atoms with Gasteiger partial charge in [0, 0.05) is 20.2 Å². The van der Waals surface area contributed by atoms with Gasteiger partial charge in [0.05, 0.1) is 17.9 Å². The Hall–Kier alpha value is -1.97. The molecular formula is C16H18N2O5S2. The third-order valence-corrected chi connectivity index (χ3v) is 4.77. The first kappa shape index (κ1) is 19.4. The number of rotatable bonds is 8. The number of nitrogens with zero attached hydrogens (tertiary/aromatic N) is 1. The molecule has 0 aliphatic carbocycles. The SMILES string of the molecule is COCc1ccc(C(=O)OCC(=O)NCCN2C(=O)CSC2=S)cc1. The Bertz CT molecular complexity index is 647. The summed E-state index contributed by atoms with van der Waals surface area (Å²) >= 11 is 6.35. The van der Waals surface area contributed by atoms with E-state index in [1.165, 1.54) is 16.7 Å². The summed E-state index contributed by atoms with van der Waals surface area (Å²) in [6, 6.07) is 6.75. The highest BCUT2D eigenvalue weighted by molar-refractivity contribution is 8.23. The predicted octanol–water partition coefficient (Wildman–Crippen LogP) is 0.966. The van der Waals surface area contributed by atoms with Crippen molar-refractivity contribution in [2.45, 2.75) is 6.61 Å². The second-order valence-electron chi connectivity index (χ2n) is 5.16. The lowest BCUT2D eigenvalue weighted by Gasteiger charge is -2.15. The van der Waals surface area contributed by atoms with Gasteiger partial charge in [0.1, 0.15) is 4.32 Å². The van der Waals surface area contributed by atoms with Crippen LogP contribution in [0.1, 0.15) is 15.9 Å². The van der Waals surface area contributed by atoms with Crippen molar-refractivity contribution in [3.8, 4) is 0 Å². The number of thiocarbonyl (C=S) groups is 1. The van der Waals surface area contributed by atoms with Crippen molar-refractivity contribution < 1.29 is 23.9 Å². The smallest absolute Gasteiger partial charge is 0.338 e. The Morgan fingerprint density at radius 2 is 2.04 bits per heavy atom. The summed E-state index contributed by atoms with van der Waals surface area (Å²) in [7, 11) is 1.59. The van der Waals surface area contributed by atoms with E-state index in [4.69, 9.17) is 21.7 Å². The number of hydrogen-bond acceptors (Lipinski definition) is 7. The molecule has 0 bridgehead atoms. The highest BCUT2D eigenvalue weighted by atomic mass is 32.2. The average Bonchev–Trinajstić information content (AvgIpc) is 2.92. The van der Waals surface area contributed by atoms with Crippen LogP contribution in [0.15, 0.2) is 24.3 Å². The van der Waals surface area contributed by atoms with Crippen molar-refractivity contribution in [1.29, 1.82) is 0 Å². The van der Waals surface area contributed by atoms with Gasteiger partial charge in [0.2, 0.25) is 5.91 Å². The van der Waals surface area contributed by atoms with Gasteiger partial charge in [-0.2, -0.15) is 0 Å². The summed E-state index contributed by atoms with van der Waals surface area (Å²) < 4.78 is 10.5. The van der Waals surface area contributed by atoms with E-state index in [-0.39, 0.29) is 19.1 Å². The zero-order valence-electron chi connectivity index (χ0n) is 13.6. The molecule has 7 nitrogen and oxygen atoms in total. The van der Waals surface area contributed by atoms with Crippen LogP contribution >= 0.6 is 24.0 Å². The molecule has 1 aromatic rings. The lowest BCUT2D eigenvalue weighted by molar-refractivity contribution is -0.126. The first-order chi connectivity index (χ1) is 12.0. The topological polar surface area (TPSA) is 84.9 Å². The van der Waals surface area contributed by atoms with Crippen LogP contribution in [0.25, 0.3) is 0 Å². The molecule has 1 N–H and O–H groups in total. The Balaban J connectivity index is 1.69. The Kier molecular flexibility index (Phi) is 7.35. The number of thioether (sulfide) groups is 1. The lowest BCUT2D eigenvalue weighted by atomic mass is 10.1. The van der Waals surface area contributed by atoms with E-state index in [0.717, 1.165) is 5.56 Å². The number of esters is 1. The largest absolute Gasteiger partial charge is 0.452 e. The molecule has 1 saturated heterocycles. The standard InChI is InChI=1S/C16H18N2O5S2/c1-22-8-11-2-4-12(5-3-11)15(21)23-9-13(19)17-6-7-18-14(20)10-25-16(18)24/h2-5H,6-10H2,1H3,(H,17,19). The molecule has 1 heterocycles. The van der Waals surface area contributed by atoms with Crippen LogP contribution in [0.2, 0.25) is 0 Å². The maximum Gasteiger partial charge on any atom is 0.338 e. The fourth-order valence-electron chi connectivity index (χ4n) is 2.07. The minimum atomic E-state index is -0.577. The van der Waals surface area contributed by atoms with Crippen LogP contribution < -0.4 is 5.32 Å².